The summed E-state index contributed by atoms with van der Waals surface area (Å²) in [5.41, 5.74) is 0. The number of quaternary nitrogens is 1. The number of rotatable bonds is 71. The predicted octanol–water partition coefficient (Wildman–Crippen LogP) is 25.0. The molecular weight excluding hydrogens is 1170 g/mol. The first-order chi connectivity index (χ1) is 46.6. The van der Waals surface area contributed by atoms with Crippen LogP contribution in [-0.2, 0) is 33.3 Å². The van der Waals surface area contributed by atoms with Crippen LogP contribution < -0.4 is 0 Å². The number of ether oxygens (including phenoxy) is 4. The molecule has 0 rings (SSSR count). The van der Waals surface area contributed by atoms with Gasteiger partial charge in [-0.3, -0.25) is 9.59 Å². The summed E-state index contributed by atoms with van der Waals surface area (Å²) in [5.74, 6) is -2.07. The van der Waals surface area contributed by atoms with Crippen LogP contribution in [0.15, 0.2) is 146 Å². The summed E-state index contributed by atoms with van der Waals surface area (Å²) in [5, 5.41) is 9.76. The molecule has 0 aliphatic rings. The fourth-order valence-electron chi connectivity index (χ4n) is 10.7. The summed E-state index contributed by atoms with van der Waals surface area (Å²) >= 11 is 0. The van der Waals surface area contributed by atoms with Gasteiger partial charge in [-0.05, 0) is 122 Å². The number of esters is 2. The average Bonchev–Trinajstić information content (AvgIpc) is 3.75. The van der Waals surface area contributed by atoms with Crippen LogP contribution >= 0.6 is 0 Å². The molecule has 0 amide bonds. The molecule has 0 radical (unpaired) electrons. The Balaban J connectivity index is 4.13. The van der Waals surface area contributed by atoms with Gasteiger partial charge in [-0.1, -0.05) is 333 Å². The second-order valence-electron chi connectivity index (χ2n) is 26.9. The quantitative estimate of drug-likeness (QED) is 0.0211. The predicted molar refractivity (Wildman–Crippen MR) is 410 cm³/mol. The van der Waals surface area contributed by atoms with Crippen molar-refractivity contribution in [3.8, 4) is 0 Å². The van der Waals surface area contributed by atoms with Gasteiger partial charge in [-0.2, -0.15) is 0 Å². The smallest absolute Gasteiger partial charge is 0.361 e. The van der Waals surface area contributed by atoms with E-state index in [1.165, 1.54) is 186 Å². The lowest BCUT2D eigenvalue weighted by molar-refractivity contribution is -0.870. The summed E-state index contributed by atoms with van der Waals surface area (Å²) in [4.78, 5) is 37.7. The highest BCUT2D eigenvalue weighted by molar-refractivity contribution is 5.71. The third-order valence-electron chi connectivity index (χ3n) is 16.6. The largest absolute Gasteiger partial charge is 0.477 e. The maximum atomic E-state index is 13.0. The number of nitrogens with zero attached hydrogens (tertiary/aromatic N) is 1. The molecule has 2 unspecified atom stereocenters. The molecule has 0 saturated heterocycles. The molecule has 9 nitrogen and oxygen atoms in total. The van der Waals surface area contributed by atoms with Crippen molar-refractivity contribution in [1.82, 2.24) is 0 Å². The number of allylic oxidation sites excluding steroid dienone is 24. The summed E-state index contributed by atoms with van der Waals surface area (Å²) in [7, 11) is 5.96. The number of carboxylic acid groups (broad SMARTS) is 1. The Hall–Kier alpha value is -4.83. The minimum absolute atomic E-state index is 0.173. The van der Waals surface area contributed by atoms with Gasteiger partial charge in [-0.15, -0.1) is 0 Å². The van der Waals surface area contributed by atoms with Gasteiger partial charge >= 0.3 is 17.9 Å². The summed E-state index contributed by atoms with van der Waals surface area (Å²) in [6.07, 6.45) is 107. The summed E-state index contributed by atoms with van der Waals surface area (Å²) in [6, 6.07) is 0. The van der Waals surface area contributed by atoms with E-state index >= 15 is 0 Å². The van der Waals surface area contributed by atoms with Gasteiger partial charge in [0.05, 0.1) is 34.4 Å². The van der Waals surface area contributed by atoms with E-state index in [0.29, 0.717) is 17.4 Å². The maximum Gasteiger partial charge on any atom is 0.361 e. The molecule has 0 aromatic heterocycles. The highest BCUT2D eigenvalue weighted by Gasteiger charge is 2.25. The minimum atomic E-state index is -1.53. The van der Waals surface area contributed by atoms with Crippen LogP contribution in [0.5, 0.6) is 0 Å². The third kappa shape index (κ3) is 76.4. The first-order valence-corrected chi connectivity index (χ1v) is 39.0. The molecular formula is C86H146NO8+. The zero-order valence-corrected chi connectivity index (χ0v) is 62.0. The van der Waals surface area contributed by atoms with E-state index in [9.17, 15) is 19.5 Å². The molecule has 9 heteroatoms. The number of carboxylic acids is 1. The molecule has 0 heterocycles. The number of aliphatic carboxylic acids is 1. The third-order valence-corrected chi connectivity index (χ3v) is 16.6. The van der Waals surface area contributed by atoms with Gasteiger partial charge in [0.2, 0.25) is 0 Å². The van der Waals surface area contributed by atoms with E-state index in [-0.39, 0.29) is 38.6 Å². The van der Waals surface area contributed by atoms with Crippen molar-refractivity contribution in [2.75, 3.05) is 47.5 Å². The normalized spacial score (nSPS) is 13.5. The standard InChI is InChI=1S/C86H145NO8/c1-6-8-10-12-14-16-18-20-22-24-26-28-30-32-34-36-38-40-41-42-43-45-46-48-50-52-54-56-58-60-62-64-66-68-70-72-74-76-83(88)93-80-82(81-94-86(85(90)91)92-79-78-87(3,4)5)95-84(89)77-75-73-71-69-67-65-63-61-59-57-55-53-51-49-47-44-39-37-35-33-31-29-27-25-23-21-19-17-15-13-11-9-7-2/h9,11,15,17-18,20-21,23-24,26-27,29,33,35,39,44,49,51,55,57,61,63,67,69,82,86H,6-8,10,12-14,16,19,22,25,28,30-32,34,36-38,40-43,45-48,50,52-54,56,58-60,62,64-66,68,70-81H2,1-5H3/p+1/b11-9-,17-15-,20-18-,23-21-,26-24-,29-27-,35-33-,44-39-,51-49-,57-55-,63-61-,69-67-. The molecule has 95 heavy (non-hydrogen) atoms. The molecule has 542 valence electrons. The number of hydrogen-bond donors (Lipinski definition) is 1. The molecule has 2 atom stereocenters. The van der Waals surface area contributed by atoms with Crippen molar-refractivity contribution in [3.05, 3.63) is 146 Å². The lowest BCUT2D eigenvalue weighted by Gasteiger charge is -2.25. The van der Waals surface area contributed by atoms with Crippen LogP contribution in [-0.4, -0.2) is 87.4 Å². The lowest BCUT2D eigenvalue weighted by Crippen LogP contribution is -2.40. The van der Waals surface area contributed by atoms with Crippen LogP contribution in [0, 0.1) is 0 Å². The number of carbonyl (C=O) groups excluding carboxylic acids is 2. The van der Waals surface area contributed by atoms with Crippen molar-refractivity contribution in [2.45, 2.75) is 334 Å². The lowest BCUT2D eigenvalue weighted by atomic mass is 10.0. The van der Waals surface area contributed by atoms with Gasteiger partial charge in [0, 0.05) is 12.8 Å². The number of likely N-dealkylation sites (N-methyl/N-ethyl adjacent to an activating group) is 1. The molecule has 0 spiro atoms. The molecule has 1 N–H and O–H groups in total. The zero-order chi connectivity index (χ0) is 69.0. The average molecular weight is 1320 g/mol. The van der Waals surface area contributed by atoms with E-state index in [1.807, 2.05) is 21.1 Å². The number of unbranched alkanes of at least 4 members (excludes halogenated alkanes) is 32. The Kier molecular flexibility index (Phi) is 71.1. The molecule has 0 aliphatic carbocycles. The fourth-order valence-corrected chi connectivity index (χ4v) is 10.7. The van der Waals surface area contributed by atoms with Crippen LogP contribution in [0.1, 0.15) is 322 Å². The molecule has 0 saturated carbocycles. The topological polar surface area (TPSA) is 108 Å². The Morgan fingerprint density at radius 1 is 0.326 bits per heavy atom. The highest BCUT2D eigenvalue weighted by Crippen LogP contribution is 2.18. The van der Waals surface area contributed by atoms with Gasteiger partial charge in [0.1, 0.15) is 13.2 Å². The molecule has 0 bridgehead atoms. The second kappa shape index (κ2) is 75.0. The maximum absolute atomic E-state index is 13.0. The van der Waals surface area contributed by atoms with Gasteiger partial charge in [0.25, 0.3) is 6.29 Å². The Morgan fingerprint density at radius 2 is 0.600 bits per heavy atom. The molecule has 0 fully saturated rings. The number of carbonyl (C=O) groups is 3. The first kappa shape index (κ1) is 90.2. The molecule has 0 aromatic rings. The molecule has 0 aromatic carbocycles. The van der Waals surface area contributed by atoms with Gasteiger partial charge in [0.15, 0.2) is 6.10 Å². The van der Waals surface area contributed by atoms with Crippen molar-refractivity contribution < 1.29 is 42.9 Å². The van der Waals surface area contributed by atoms with Crippen molar-refractivity contribution in [1.29, 1.82) is 0 Å². The van der Waals surface area contributed by atoms with Crippen LogP contribution in [0.3, 0.4) is 0 Å². The van der Waals surface area contributed by atoms with Gasteiger partial charge < -0.3 is 28.5 Å². The monoisotopic (exact) mass is 1320 g/mol. The Bertz CT molecular complexity index is 2080. The van der Waals surface area contributed by atoms with E-state index in [0.717, 1.165) is 103 Å². The first-order valence-electron chi connectivity index (χ1n) is 39.0. The van der Waals surface area contributed by atoms with E-state index in [4.69, 9.17) is 18.9 Å². The van der Waals surface area contributed by atoms with Crippen molar-refractivity contribution in [3.63, 3.8) is 0 Å². The zero-order valence-electron chi connectivity index (χ0n) is 62.0. The SMILES string of the molecule is CC/C=C\C/C=C\C/C=C\C/C=C\C/C=C\C/C=C\C/C=C\C/C=C\C/C=C\C/C=C\CCCCC(=O)OC(COC(=O)CCCCCCCCCCCCCCCCCCCCCCCCCCC/C=C\C/C=C\CCCCCCC)COC(OCC[N+](C)(C)C)C(=O)O. The Labute approximate surface area is 585 Å². The summed E-state index contributed by atoms with van der Waals surface area (Å²) in [6.45, 7) is 4.72. The van der Waals surface area contributed by atoms with Crippen molar-refractivity contribution in [2.24, 2.45) is 0 Å². The van der Waals surface area contributed by atoms with Crippen molar-refractivity contribution >= 4 is 17.9 Å². The van der Waals surface area contributed by atoms with E-state index in [1.54, 1.807) is 0 Å². The van der Waals surface area contributed by atoms with E-state index in [2.05, 4.69) is 160 Å². The fraction of sp³-hybridized carbons (Fsp3) is 0.686. The van der Waals surface area contributed by atoms with Gasteiger partial charge in [-0.25, -0.2) is 4.79 Å². The Morgan fingerprint density at radius 3 is 0.916 bits per heavy atom. The van der Waals surface area contributed by atoms with Crippen LogP contribution in [0.25, 0.3) is 0 Å². The highest BCUT2D eigenvalue weighted by atomic mass is 16.7. The molecule has 0 aliphatic heterocycles. The van der Waals surface area contributed by atoms with Crippen LogP contribution in [0.4, 0.5) is 0 Å². The van der Waals surface area contributed by atoms with Crippen LogP contribution in [0.2, 0.25) is 0 Å². The van der Waals surface area contributed by atoms with E-state index < -0.39 is 24.3 Å². The minimum Gasteiger partial charge on any atom is -0.477 e. The number of hydrogen-bond acceptors (Lipinski definition) is 7. The second-order valence-corrected chi connectivity index (χ2v) is 26.9. The summed E-state index contributed by atoms with van der Waals surface area (Å²) < 4.78 is 23.0.